The van der Waals surface area contributed by atoms with Crippen molar-refractivity contribution >= 4 is 27.5 Å². The number of fused-ring (bicyclic) bond motifs is 1. The van der Waals surface area contributed by atoms with Crippen LogP contribution in [-0.4, -0.2) is 15.6 Å². The Morgan fingerprint density at radius 3 is 2.45 bits per heavy atom. The quantitative estimate of drug-likeness (QED) is 0.772. The van der Waals surface area contributed by atoms with Gasteiger partial charge in [0.05, 0.1) is 21.3 Å². The van der Waals surface area contributed by atoms with Crippen LogP contribution in [0.3, 0.4) is 0 Å². The number of halogens is 3. The summed E-state index contributed by atoms with van der Waals surface area (Å²) < 4.78 is 40.2. The molecule has 0 unspecified atom stereocenters. The van der Waals surface area contributed by atoms with Crippen LogP contribution in [0.4, 0.5) is 13.2 Å². The first-order chi connectivity index (χ1) is 10.4. The van der Waals surface area contributed by atoms with Gasteiger partial charge in [-0.3, -0.25) is 0 Å². The molecule has 0 aliphatic carbocycles. The second-order valence-corrected chi connectivity index (χ2v) is 5.72. The lowest BCUT2D eigenvalue weighted by Crippen LogP contribution is -2.06. The maximum Gasteiger partial charge on any atom is 0.416 e. The first-order valence-electron chi connectivity index (χ1n) is 6.32. The summed E-state index contributed by atoms with van der Waals surface area (Å²) in [5.41, 5.74) is 0.776. The summed E-state index contributed by atoms with van der Waals surface area (Å²) in [6.45, 7) is 0.318. The predicted molar refractivity (Wildman–Crippen MR) is 77.3 cm³/mol. The van der Waals surface area contributed by atoms with E-state index in [0.29, 0.717) is 17.6 Å². The summed E-state index contributed by atoms with van der Waals surface area (Å²) >= 11 is 1.33. The number of thiophene rings is 1. The molecule has 7 heteroatoms. The number of aromatic carboxylic acids is 1. The highest BCUT2D eigenvalue weighted by molar-refractivity contribution is 7.17. The molecule has 22 heavy (non-hydrogen) atoms. The number of hydrogen-bond donors (Lipinski definition) is 1. The van der Waals surface area contributed by atoms with Gasteiger partial charge in [-0.2, -0.15) is 13.2 Å². The Morgan fingerprint density at radius 2 is 1.86 bits per heavy atom. The molecule has 0 atom stereocenters. The van der Waals surface area contributed by atoms with Gasteiger partial charge in [0.2, 0.25) is 0 Å². The van der Waals surface area contributed by atoms with Crippen LogP contribution in [0.25, 0.3) is 10.2 Å². The van der Waals surface area contributed by atoms with E-state index < -0.39 is 17.7 Å². The minimum atomic E-state index is -4.36. The molecule has 0 bridgehead atoms. The standard InChI is InChI=1S/C15H10F3NO2S/c16-15(17,18)10-3-1-9(2-4-10)7-19-6-5-12-13(19)11(8-22-12)14(20)21/h1-6,8H,7H2,(H,20,21). The molecule has 0 fully saturated rings. The summed E-state index contributed by atoms with van der Waals surface area (Å²) in [7, 11) is 0. The summed E-state index contributed by atoms with van der Waals surface area (Å²) in [6.07, 6.45) is -2.62. The molecule has 0 saturated heterocycles. The van der Waals surface area contributed by atoms with Crippen molar-refractivity contribution in [2.24, 2.45) is 0 Å². The molecule has 0 radical (unpaired) electrons. The fraction of sp³-hybridized carbons (Fsp3) is 0.133. The molecular formula is C15H10F3NO2S. The molecule has 3 nitrogen and oxygen atoms in total. The molecule has 3 rings (SSSR count). The van der Waals surface area contributed by atoms with Crippen LogP contribution in [0.5, 0.6) is 0 Å². The van der Waals surface area contributed by atoms with Gasteiger partial charge in [-0.05, 0) is 23.8 Å². The van der Waals surface area contributed by atoms with E-state index in [1.54, 1.807) is 22.2 Å². The van der Waals surface area contributed by atoms with E-state index in [9.17, 15) is 23.1 Å². The molecule has 0 saturated carbocycles. The van der Waals surface area contributed by atoms with E-state index in [1.807, 2.05) is 0 Å². The fourth-order valence-electron chi connectivity index (χ4n) is 2.29. The first-order valence-corrected chi connectivity index (χ1v) is 7.20. The number of carbonyl (C=O) groups is 1. The lowest BCUT2D eigenvalue weighted by atomic mass is 10.1. The van der Waals surface area contributed by atoms with Crippen LogP contribution >= 0.6 is 11.3 Å². The van der Waals surface area contributed by atoms with Crippen molar-refractivity contribution in [2.45, 2.75) is 12.7 Å². The van der Waals surface area contributed by atoms with Crippen LogP contribution in [0.1, 0.15) is 21.5 Å². The average Bonchev–Trinajstić information content (AvgIpc) is 3.01. The Kier molecular flexibility index (Phi) is 3.44. The van der Waals surface area contributed by atoms with Crippen LogP contribution in [0.2, 0.25) is 0 Å². The average molecular weight is 325 g/mol. The third-order valence-electron chi connectivity index (χ3n) is 3.35. The lowest BCUT2D eigenvalue weighted by Gasteiger charge is -2.09. The molecule has 0 spiro atoms. The molecule has 3 aromatic rings. The molecule has 2 heterocycles. The first kappa shape index (κ1) is 14.6. The largest absolute Gasteiger partial charge is 0.478 e. The van der Waals surface area contributed by atoms with E-state index in [2.05, 4.69) is 0 Å². The van der Waals surface area contributed by atoms with Crippen molar-refractivity contribution in [3.63, 3.8) is 0 Å². The third kappa shape index (κ3) is 2.59. The van der Waals surface area contributed by atoms with Crippen molar-refractivity contribution in [3.05, 3.63) is 58.6 Å². The van der Waals surface area contributed by atoms with Crippen molar-refractivity contribution in [1.82, 2.24) is 4.57 Å². The maximum atomic E-state index is 12.5. The highest BCUT2D eigenvalue weighted by Crippen LogP contribution is 2.30. The van der Waals surface area contributed by atoms with Crippen molar-refractivity contribution in [2.75, 3.05) is 0 Å². The zero-order valence-corrected chi connectivity index (χ0v) is 11.9. The van der Waals surface area contributed by atoms with Gasteiger partial charge in [0, 0.05) is 18.1 Å². The zero-order chi connectivity index (χ0) is 15.9. The van der Waals surface area contributed by atoms with Gasteiger partial charge in [-0.15, -0.1) is 11.3 Å². The Hall–Kier alpha value is -2.28. The maximum absolute atomic E-state index is 12.5. The molecule has 0 amide bonds. The monoisotopic (exact) mass is 325 g/mol. The number of benzene rings is 1. The van der Waals surface area contributed by atoms with Crippen LogP contribution < -0.4 is 0 Å². The Labute approximate surface area is 127 Å². The van der Waals surface area contributed by atoms with Gasteiger partial charge in [-0.25, -0.2) is 4.79 Å². The second kappa shape index (κ2) is 5.17. The van der Waals surface area contributed by atoms with Crippen molar-refractivity contribution < 1.29 is 23.1 Å². The Morgan fingerprint density at radius 1 is 1.18 bits per heavy atom. The Bertz CT molecular complexity index is 831. The SMILES string of the molecule is O=C(O)c1csc2ccn(Cc3ccc(C(F)(F)F)cc3)c12. The van der Waals surface area contributed by atoms with Crippen molar-refractivity contribution in [1.29, 1.82) is 0 Å². The van der Waals surface area contributed by atoms with E-state index in [0.717, 1.165) is 16.8 Å². The molecule has 0 aliphatic heterocycles. The van der Waals surface area contributed by atoms with Crippen LogP contribution in [0, 0.1) is 0 Å². The highest BCUT2D eigenvalue weighted by Gasteiger charge is 2.29. The normalized spacial score (nSPS) is 12.0. The smallest absolute Gasteiger partial charge is 0.416 e. The molecule has 0 aliphatic rings. The highest BCUT2D eigenvalue weighted by atomic mass is 32.1. The van der Waals surface area contributed by atoms with E-state index in [1.165, 1.54) is 23.5 Å². The number of alkyl halides is 3. The van der Waals surface area contributed by atoms with Gasteiger partial charge >= 0.3 is 12.1 Å². The fourth-order valence-corrected chi connectivity index (χ4v) is 3.23. The van der Waals surface area contributed by atoms with Gasteiger partial charge in [0.1, 0.15) is 0 Å². The van der Waals surface area contributed by atoms with Crippen molar-refractivity contribution in [3.8, 4) is 0 Å². The number of hydrogen-bond acceptors (Lipinski definition) is 2. The zero-order valence-electron chi connectivity index (χ0n) is 11.1. The number of nitrogens with zero attached hydrogens (tertiary/aromatic N) is 1. The van der Waals surface area contributed by atoms with Gasteiger partial charge in [0.25, 0.3) is 0 Å². The lowest BCUT2D eigenvalue weighted by molar-refractivity contribution is -0.137. The topological polar surface area (TPSA) is 42.2 Å². The second-order valence-electron chi connectivity index (χ2n) is 4.81. The predicted octanol–water partition coefficient (Wildman–Crippen LogP) is 4.47. The van der Waals surface area contributed by atoms with Crippen LogP contribution in [0.15, 0.2) is 41.9 Å². The van der Waals surface area contributed by atoms with E-state index in [-0.39, 0.29) is 5.56 Å². The summed E-state index contributed by atoms with van der Waals surface area (Å²) in [4.78, 5) is 11.2. The third-order valence-corrected chi connectivity index (χ3v) is 4.29. The van der Waals surface area contributed by atoms with E-state index in [4.69, 9.17) is 0 Å². The number of carboxylic acid groups (broad SMARTS) is 1. The molecule has 1 N–H and O–H groups in total. The minimum absolute atomic E-state index is 0.205. The number of aromatic nitrogens is 1. The Balaban J connectivity index is 1.93. The summed E-state index contributed by atoms with van der Waals surface area (Å²) in [5.74, 6) is -1.02. The summed E-state index contributed by atoms with van der Waals surface area (Å²) in [6, 6.07) is 6.67. The molecular weight excluding hydrogens is 315 g/mol. The molecule has 1 aromatic carbocycles. The van der Waals surface area contributed by atoms with Gasteiger partial charge in [-0.1, -0.05) is 12.1 Å². The van der Waals surface area contributed by atoms with Crippen LogP contribution in [-0.2, 0) is 12.7 Å². The van der Waals surface area contributed by atoms with E-state index >= 15 is 0 Å². The van der Waals surface area contributed by atoms with Gasteiger partial charge in [0.15, 0.2) is 0 Å². The summed E-state index contributed by atoms with van der Waals surface area (Å²) in [5, 5.41) is 10.7. The number of rotatable bonds is 3. The minimum Gasteiger partial charge on any atom is -0.478 e. The van der Waals surface area contributed by atoms with Gasteiger partial charge < -0.3 is 9.67 Å². The number of carboxylic acids is 1. The molecule has 2 aromatic heterocycles. The molecule has 114 valence electrons.